The summed E-state index contributed by atoms with van der Waals surface area (Å²) in [4.78, 5) is 16.1. The largest absolute Gasteiger partial charge is 0.481 e. The second-order valence-electron chi connectivity index (χ2n) is 7.45. The van der Waals surface area contributed by atoms with Crippen molar-refractivity contribution in [2.24, 2.45) is 0 Å². The molecule has 1 aromatic carbocycles. The number of benzene rings is 1. The molecule has 0 bridgehead atoms. The van der Waals surface area contributed by atoms with Gasteiger partial charge in [-0.1, -0.05) is 18.2 Å². The van der Waals surface area contributed by atoms with E-state index in [1.165, 1.54) is 5.56 Å². The monoisotopic (exact) mass is 370 g/mol. The van der Waals surface area contributed by atoms with Gasteiger partial charge in [0.25, 0.3) is 0 Å². The Balaban J connectivity index is 1.81. The van der Waals surface area contributed by atoms with E-state index in [0.29, 0.717) is 19.0 Å². The molecular formula is C21H26N2O4. The molecule has 3 rings (SSSR count). The number of hydrogen-bond donors (Lipinski definition) is 1. The number of nitrogens with zero attached hydrogens (tertiary/aromatic N) is 1. The first-order chi connectivity index (χ1) is 12.9. The highest BCUT2D eigenvalue weighted by molar-refractivity contribution is 5.70. The second kappa shape index (κ2) is 7.96. The highest BCUT2D eigenvalue weighted by atomic mass is 16.6. The van der Waals surface area contributed by atoms with Gasteiger partial charge >= 0.3 is 6.09 Å². The van der Waals surface area contributed by atoms with Gasteiger partial charge in [0.15, 0.2) is 0 Å². The van der Waals surface area contributed by atoms with Crippen LogP contribution < -0.4 is 10.1 Å². The van der Waals surface area contributed by atoms with Crippen molar-refractivity contribution in [1.29, 1.82) is 0 Å². The highest BCUT2D eigenvalue weighted by Crippen LogP contribution is 2.35. The number of ether oxygens (including phenoxy) is 3. The van der Waals surface area contributed by atoms with Crippen molar-refractivity contribution < 1.29 is 19.0 Å². The Bertz CT molecular complexity index is 814. The molecule has 2 heterocycles. The van der Waals surface area contributed by atoms with Crippen molar-refractivity contribution >= 4 is 6.09 Å². The summed E-state index contributed by atoms with van der Waals surface area (Å²) in [5, 5.41) is 2.81. The molecule has 1 atom stereocenters. The van der Waals surface area contributed by atoms with E-state index in [4.69, 9.17) is 14.2 Å². The molecule has 0 fully saturated rings. The number of rotatable bonds is 4. The zero-order valence-corrected chi connectivity index (χ0v) is 16.2. The normalized spacial score (nSPS) is 16.4. The van der Waals surface area contributed by atoms with Gasteiger partial charge < -0.3 is 19.5 Å². The molecule has 1 aliphatic rings. The van der Waals surface area contributed by atoms with Crippen molar-refractivity contribution in [3.05, 3.63) is 47.7 Å². The molecule has 6 heteroatoms. The van der Waals surface area contributed by atoms with Gasteiger partial charge in [-0.05, 0) is 55.5 Å². The number of amides is 1. The molecule has 144 valence electrons. The molecule has 0 spiro atoms. The van der Waals surface area contributed by atoms with Crippen molar-refractivity contribution in [1.82, 2.24) is 10.3 Å². The Hall–Kier alpha value is -2.60. The van der Waals surface area contributed by atoms with E-state index in [1.54, 1.807) is 13.3 Å². The minimum atomic E-state index is -0.525. The van der Waals surface area contributed by atoms with Crippen molar-refractivity contribution in [2.45, 2.75) is 38.9 Å². The van der Waals surface area contributed by atoms with Gasteiger partial charge in [-0.3, -0.25) is 0 Å². The number of aromatic nitrogens is 1. The van der Waals surface area contributed by atoms with Gasteiger partial charge in [0.2, 0.25) is 5.88 Å². The summed E-state index contributed by atoms with van der Waals surface area (Å²) in [5.74, 6) is 0.584. The first-order valence-corrected chi connectivity index (χ1v) is 9.08. The van der Waals surface area contributed by atoms with Crippen molar-refractivity contribution in [3.63, 3.8) is 0 Å². The number of carbonyl (C=O) groups excluding carboxylic acids is 1. The third-order valence-corrected chi connectivity index (χ3v) is 4.32. The molecular weight excluding hydrogens is 344 g/mol. The van der Waals surface area contributed by atoms with E-state index in [-0.39, 0.29) is 6.10 Å². The molecule has 1 aromatic heterocycles. The second-order valence-corrected chi connectivity index (χ2v) is 7.45. The fraction of sp³-hybridized carbons (Fsp3) is 0.429. The number of nitrogens with one attached hydrogen (secondary N) is 1. The quantitative estimate of drug-likeness (QED) is 0.884. The van der Waals surface area contributed by atoms with Crippen molar-refractivity contribution in [2.75, 3.05) is 20.3 Å². The van der Waals surface area contributed by atoms with E-state index in [9.17, 15) is 4.79 Å². The van der Waals surface area contributed by atoms with Crippen LogP contribution in [0.5, 0.6) is 5.88 Å². The van der Waals surface area contributed by atoms with Crippen LogP contribution in [0.4, 0.5) is 4.79 Å². The Kier molecular flexibility index (Phi) is 5.65. The lowest BCUT2D eigenvalue weighted by molar-refractivity contribution is 0.0289. The zero-order valence-electron chi connectivity index (χ0n) is 16.2. The molecule has 27 heavy (non-hydrogen) atoms. The molecule has 0 saturated heterocycles. The maximum atomic E-state index is 12.0. The Morgan fingerprint density at radius 3 is 2.89 bits per heavy atom. The summed E-state index contributed by atoms with van der Waals surface area (Å²) in [7, 11) is 1.61. The van der Waals surface area contributed by atoms with Crippen LogP contribution in [0.3, 0.4) is 0 Å². The van der Waals surface area contributed by atoms with Crippen LogP contribution >= 0.6 is 0 Å². The smallest absolute Gasteiger partial charge is 0.407 e. The SMILES string of the molecule is COc1cc(-c2cccc3c2CCOC3CNC(=O)OC(C)(C)C)ccn1. The molecule has 2 aromatic rings. The lowest BCUT2D eigenvalue weighted by Gasteiger charge is -2.28. The van der Waals surface area contributed by atoms with E-state index >= 15 is 0 Å². The van der Waals surface area contributed by atoms with Crippen LogP contribution in [0.25, 0.3) is 11.1 Å². The molecule has 6 nitrogen and oxygen atoms in total. The first kappa shape index (κ1) is 19.2. The average molecular weight is 370 g/mol. The number of pyridine rings is 1. The van der Waals surface area contributed by atoms with Crippen LogP contribution in [0, 0.1) is 0 Å². The van der Waals surface area contributed by atoms with Crippen LogP contribution in [0.1, 0.15) is 38.0 Å². The lowest BCUT2D eigenvalue weighted by atomic mass is 9.90. The van der Waals surface area contributed by atoms with Crippen LogP contribution in [0.2, 0.25) is 0 Å². The number of alkyl carbamates (subject to hydrolysis) is 1. The number of methoxy groups -OCH3 is 1. The average Bonchev–Trinajstić information content (AvgIpc) is 2.64. The fourth-order valence-electron chi connectivity index (χ4n) is 3.20. The third kappa shape index (κ3) is 4.77. The van der Waals surface area contributed by atoms with Gasteiger partial charge in [-0.2, -0.15) is 0 Å². The molecule has 1 N–H and O–H groups in total. The number of fused-ring (bicyclic) bond motifs is 1. The summed E-state index contributed by atoms with van der Waals surface area (Å²) in [6.45, 7) is 6.49. The minimum Gasteiger partial charge on any atom is -0.481 e. The predicted molar refractivity (Wildman–Crippen MR) is 103 cm³/mol. The standard InChI is InChI=1S/C21H26N2O4/c1-21(2,3)27-20(24)23-13-18-17-7-5-6-15(16(17)9-11-26-18)14-8-10-22-19(12-14)25-4/h5-8,10,12,18H,9,11,13H2,1-4H3,(H,23,24). The molecule has 1 amide bonds. The van der Waals surface area contributed by atoms with E-state index in [2.05, 4.69) is 22.4 Å². The predicted octanol–water partition coefficient (Wildman–Crippen LogP) is 3.90. The molecule has 0 aliphatic carbocycles. The van der Waals surface area contributed by atoms with Gasteiger partial charge in [0.1, 0.15) is 11.7 Å². The molecule has 0 radical (unpaired) electrons. The van der Waals surface area contributed by atoms with E-state index in [1.807, 2.05) is 39.0 Å². The number of hydrogen-bond acceptors (Lipinski definition) is 5. The molecule has 0 saturated carbocycles. The third-order valence-electron chi connectivity index (χ3n) is 4.32. The maximum Gasteiger partial charge on any atom is 0.407 e. The maximum absolute atomic E-state index is 12.0. The number of carbonyl (C=O) groups is 1. The van der Waals surface area contributed by atoms with Crippen LogP contribution in [-0.4, -0.2) is 36.9 Å². The van der Waals surface area contributed by atoms with Crippen LogP contribution in [0.15, 0.2) is 36.5 Å². The summed E-state index contributed by atoms with van der Waals surface area (Å²) in [6, 6.07) is 10.1. The van der Waals surface area contributed by atoms with Gasteiger partial charge in [-0.25, -0.2) is 9.78 Å². The molecule has 1 aliphatic heterocycles. The Labute approximate surface area is 159 Å². The fourth-order valence-corrected chi connectivity index (χ4v) is 3.20. The zero-order chi connectivity index (χ0) is 19.4. The van der Waals surface area contributed by atoms with Gasteiger partial charge in [-0.15, -0.1) is 0 Å². The molecule has 1 unspecified atom stereocenters. The Morgan fingerprint density at radius 2 is 2.15 bits per heavy atom. The Morgan fingerprint density at radius 1 is 1.33 bits per heavy atom. The highest BCUT2D eigenvalue weighted by Gasteiger charge is 2.25. The van der Waals surface area contributed by atoms with E-state index in [0.717, 1.165) is 23.1 Å². The minimum absolute atomic E-state index is 0.204. The summed E-state index contributed by atoms with van der Waals surface area (Å²) < 4.78 is 16.5. The summed E-state index contributed by atoms with van der Waals surface area (Å²) in [5.41, 5.74) is 3.99. The first-order valence-electron chi connectivity index (χ1n) is 9.08. The van der Waals surface area contributed by atoms with E-state index < -0.39 is 11.7 Å². The van der Waals surface area contributed by atoms with Crippen molar-refractivity contribution in [3.8, 4) is 17.0 Å². The van der Waals surface area contributed by atoms with Gasteiger partial charge in [0.05, 0.1) is 20.3 Å². The summed E-state index contributed by atoms with van der Waals surface area (Å²) in [6.07, 6.45) is 1.92. The van der Waals surface area contributed by atoms with Gasteiger partial charge in [0, 0.05) is 12.3 Å². The van der Waals surface area contributed by atoms with Crippen LogP contribution in [-0.2, 0) is 15.9 Å². The summed E-state index contributed by atoms with van der Waals surface area (Å²) >= 11 is 0. The lowest BCUT2D eigenvalue weighted by Crippen LogP contribution is -2.36. The topological polar surface area (TPSA) is 69.7 Å².